The van der Waals surface area contributed by atoms with Crippen molar-refractivity contribution in [2.24, 2.45) is 0 Å². The topological polar surface area (TPSA) is 29.5 Å². The maximum Gasteiger partial charge on any atom is 0.199 e. The van der Waals surface area contributed by atoms with Crippen LogP contribution in [-0.4, -0.2) is 11.4 Å². The second-order valence-corrected chi connectivity index (χ2v) is 1.58. The van der Waals surface area contributed by atoms with E-state index in [2.05, 4.69) is 0 Å². The summed E-state index contributed by atoms with van der Waals surface area (Å²) in [6.45, 7) is 0. The Morgan fingerprint density at radius 3 is 3.25 bits per heavy atom. The number of aliphatic hydroxyl groups is 1. The smallest absolute Gasteiger partial charge is 0.199 e. The monoisotopic (exact) mass is 112 g/mol. The van der Waals surface area contributed by atoms with E-state index < -0.39 is 6.29 Å². The highest BCUT2D eigenvalue weighted by Crippen LogP contribution is 2.00. The van der Waals surface area contributed by atoms with E-state index in [1.807, 2.05) is 12.2 Å². The molecule has 0 aromatic carbocycles. The zero-order valence-corrected chi connectivity index (χ0v) is 4.45. The van der Waals surface area contributed by atoms with Gasteiger partial charge < -0.3 is 9.84 Å². The Kier molecular flexibility index (Phi) is 1.70. The second kappa shape index (κ2) is 2.52. The molecule has 0 aromatic heterocycles. The van der Waals surface area contributed by atoms with Crippen molar-refractivity contribution >= 4 is 0 Å². The highest BCUT2D eigenvalue weighted by Gasteiger charge is 1.98. The van der Waals surface area contributed by atoms with Crippen LogP contribution in [-0.2, 0) is 4.74 Å². The molecule has 0 saturated heterocycles. The molecule has 0 amide bonds. The number of hydrogen-bond donors (Lipinski definition) is 1. The molecule has 1 atom stereocenters. The molecule has 0 aromatic rings. The van der Waals surface area contributed by atoms with Crippen LogP contribution in [0.2, 0.25) is 0 Å². The van der Waals surface area contributed by atoms with E-state index in [0.29, 0.717) is 6.42 Å². The van der Waals surface area contributed by atoms with Gasteiger partial charge in [0.1, 0.15) is 0 Å². The molecule has 1 N–H and O–H groups in total. The van der Waals surface area contributed by atoms with Gasteiger partial charge in [0.05, 0.1) is 6.26 Å². The summed E-state index contributed by atoms with van der Waals surface area (Å²) >= 11 is 0. The zero-order valence-electron chi connectivity index (χ0n) is 4.45. The number of hydrogen-bond acceptors (Lipinski definition) is 2. The molecule has 1 aliphatic rings. The lowest BCUT2D eigenvalue weighted by molar-refractivity contribution is -0.0465. The summed E-state index contributed by atoms with van der Waals surface area (Å²) in [6, 6.07) is 0. The molecule has 2 heteroatoms. The summed E-state index contributed by atoms with van der Waals surface area (Å²) in [6.07, 6.45) is 6.85. The van der Waals surface area contributed by atoms with Crippen LogP contribution in [0, 0.1) is 0 Å². The normalized spacial score (nSPS) is 26.9. The predicted octanol–water partition coefficient (Wildman–Crippen LogP) is 0.795. The third-order valence-corrected chi connectivity index (χ3v) is 0.899. The summed E-state index contributed by atoms with van der Waals surface area (Å²) in [4.78, 5) is 0. The molecule has 0 radical (unpaired) electrons. The summed E-state index contributed by atoms with van der Waals surface area (Å²) < 4.78 is 4.72. The van der Waals surface area contributed by atoms with E-state index in [4.69, 9.17) is 9.84 Å². The van der Waals surface area contributed by atoms with Crippen LogP contribution in [0.25, 0.3) is 0 Å². The van der Waals surface area contributed by atoms with Crippen LogP contribution >= 0.6 is 0 Å². The first-order valence-electron chi connectivity index (χ1n) is 2.55. The van der Waals surface area contributed by atoms with Crippen LogP contribution in [0.5, 0.6) is 0 Å². The molecular formula is C6H8O2. The maximum atomic E-state index is 8.76. The first-order valence-corrected chi connectivity index (χ1v) is 2.55. The first kappa shape index (κ1) is 5.38. The lowest BCUT2D eigenvalue weighted by Crippen LogP contribution is -2.04. The van der Waals surface area contributed by atoms with Gasteiger partial charge in [-0.1, -0.05) is 12.2 Å². The fourth-order valence-electron chi connectivity index (χ4n) is 0.511. The van der Waals surface area contributed by atoms with Gasteiger partial charge in [0.15, 0.2) is 6.29 Å². The standard InChI is InChI=1S/C6H8O2/c7-6-4-2-1-3-5-8-6/h1-3,5-7H,4H2. The predicted molar refractivity (Wildman–Crippen MR) is 30.0 cm³/mol. The molecule has 0 spiro atoms. The van der Waals surface area contributed by atoms with Crippen molar-refractivity contribution in [2.75, 3.05) is 0 Å². The van der Waals surface area contributed by atoms with Crippen molar-refractivity contribution in [1.29, 1.82) is 0 Å². The minimum Gasteiger partial charge on any atom is -0.472 e. The van der Waals surface area contributed by atoms with E-state index in [1.54, 1.807) is 6.08 Å². The van der Waals surface area contributed by atoms with Crippen LogP contribution in [0.1, 0.15) is 6.42 Å². The molecule has 0 saturated carbocycles. The Bertz CT molecular complexity index is 102. The molecule has 1 aliphatic heterocycles. The Labute approximate surface area is 48.1 Å². The van der Waals surface area contributed by atoms with Crippen LogP contribution in [0.4, 0.5) is 0 Å². The molecular weight excluding hydrogens is 104 g/mol. The van der Waals surface area contributed by atoms with Gasteiger partial charge in [0.2, 0.25) is 0 Å². The Balaban J connectivity index is 2.45. The van der Waals surface area contributed by atoms with E-state index in [1.165, 1.54) is 6.26 Å². The summed E-state index contributed by atoms with van der Waals surface area (Å²) in [5.41, 5.74) is 0. The molecule has 8 heavy (non-hydrogen) atoms. The van der Waals surface area contributed by atoms with Crippen LogP contribution in [0.3, 0.4) is 0 Å². The minimum absolute atomic E-state index is 0.576. The van der Waals surface area contributed by atoms with E-state index in [9.17, 15) is 0 Å². The molecule has 1 heterocycles. The number of rotatable bonds is 0. The van der Waals surface area contributed by atoms with E-state index in [-0.39, 0.29) is 0 Å². The van der Waals surface area contributed by atoms with Crippen molar-refractivity contribution < 1.29 is 9.84 Å². The maximum absolute atomic E-state index is 8.76. The van der Waals surface area contributed by atoms with Gasteiger partial charge in [-0.15, -0.1) is 0 Å². The number of aliphatic hydroxyl groups excluding tert-OH is 1. The van der Waals surface area contributed by atoms with Gasteiger partial charge in [-0.25, -0.2) is 0 Å². The van der Waals surface area contributed by atoms with Gasteiger partial charge in [0.25, 0.3) is 0 Å². The highest BCUT2D eigenvalue weighted by atomic mass is 16.6. The lowest BCUT2D eigenvalue weighted by Gasteiger charge is -2.03. The van der Waals surface area contributed by atoms with Crippen molar-refractivity contribution in [2.45, 2.75) is 12.7 Å². The van der Waals surface area contributed by atoms with Gasteiger partial charge in [-0.3, -0.25) is 0 Å². The minimum atomic E-state index is -0.648. The first-order chi connectivity index (χ1) is 3.89. The molecule has 2 nitrogen and oxygen atoms in total. The second-order valence-electron chi connectivity index (χ2n) is 1.58. The Hall–Kier alpha value is -0.760. The molecule has 0 bridgehead atoms. The fraction of sp³-hybridized carbons (Fsp3) is 0.333. The zero-order chi connectivity index (χ0) is 5.82. The van der Waals surface area contributed by atoms with Crippen molar-refractivity contribution in [3.63, 3.8) is 0 Å². The summed E-state index contributed by atoms with van der Waals surface area (Å²) in [5, 5.41) is 8.76. The largest absolute Gasteiger partial charge is 0.472 e. The third kappa shape index (κ3) is 1.39. The average molecular weight is 112 g/mol. The summed E-state index contributed by atoms with van der Waals surface area (Å²) in [7, 11) is 0. The van der Waals surface area contributed by atoms with E-state index >= 15 is 0 Å². The summed E-state index contributed by atoms with van der Waals surface area (Å²) in [5.74, 6) is 0. The number of ether oxygens (including phenoxy) is 1. The SMILES string of the molecule is OC1CC=CC=CO1. The van der Waals surface area contributed by atoms with Gasteiger partial charge in [0, 0.05) is 6.42 Å². The van der Waals surface area contributed by atoms with E-state index in [0.717, 1.165) is 0 Å². The van der Waals surface area contributed by atoms with Crippen molar-refractivity contribution in [3.8, 4) is 0 Å². The lowest BCUT2D eigenvalue weighted by atomic mass is 10.4. The van der Waals surface area contributed by atoms with Gasteiger partial charge in [-0.05, 0) is 6.08 Å². The van der Waals surface area contributed by atoms with Gasteiger partial charge in [-0.2, -0.15) is 0 Å². The number of allylic oxidation sites excluding steroid dienone is 2. The third-order valence-electron chi connectivity index (χ3n) is 0.899. The molecule has 1 rings (SSSR count). The Morgan fingerprint density at radius 1 is 1.50 bits per heavy atom. The average Bonchev–Trinajstić information content (AvgIpc) is 1.94. The van der Waals surface area contributed by atoms with Crippen molar-refractivity contribution in [1.82, 2.24) is 0 Å². The molecule has 0 aliphatic carbocycles. The quantitative estimate of drug-likeness (QED) is 0.502. The fourth-order valence-corrected chi connectivity index (χ4v) is 0.511. The van der Waals surface area contributed by atoms with Gasteiger partial charge >= 0.3 is 0 Å². The van der Waals surface area contributed by atoms with Crippen LogP contribution in [0.15, 0.2) is 24.5 Å². The highest BCUT2D eigenvalue weighted by molar-refractivity contribution is 5.01. The Morgan fingerprint density at radius 2 is 2.38 bits per heavy atom. The van der Waals surface area contributed by atoms with Crippen LogP contribution < -0.4 is 0 Å². The molecule has 1 unspecified atom stereocenters. The molecule has 44 valence electrons. The molecule has 0 fully saturated rings. The van der Waals surface area contributed by atoms with Crippen molar-refractivity contribution in [3.05, 3.63) is 24.5 Å².